The molecule has 0 aliphatic rings. The van der Waals surface area contributed by atoms with Gasteiger partial charge in [-0.1, -0.05) is 37.8 Å². The van der Waals surface area contributed by atoms with E-state index in [1.54, 1.807) is 0 Å². The summed E-state index contributed by atoms with van der Waals surface area (Å²) in [5.74, 6) is 6.78. The first-order chi connectivity index (χ1) is 9.52. The summed E-state index contributed by atoms with van der Waals surface area (Å²) in [6.45, 7) is 7.89. The fourth-order valence-electron chi connectivity index (χ4n) is 2.27. The molecule has 2 nitrogen and oxygen atoms in total. The molecule has 0 fully saturated rings. The summed E-state index contributed by atoms with van der Waals surface area (Å²) in [6.07, 6.45) is 1.75. The molecule has 0 aliphatic heterocycles. The van der Waals surface area contributed by atoms with Gasteiger partial charge in [0.1, 0.15) is 0 Å². The molecule has 0 aromatic heterocycles. The van der Waals surface area contributed by atoms with E-state index in [0.29, 0.717) is 12.5 Å². The van der Waals surface area contributed by atoms with Crippen LogP contribution in [-0.4, -0.2) is 29.7 Å². The van der Waals surface area contributed by atoms with Crippen LogP contribution in [0.5, 0.6) is 0 Å². The molecule has 1 aromatic carbocycles. The summed E-state index contributed by atoms with van der Waals surface area (Å²) in [4.78, 5) is 2.39. The summed E-state index contributed by atoms with van der Waals surface area (Å²) in [7, 11) is 2.18. The molecule has 1 rings (SSSR count). The highest BCUT2D eigenvalue weighted by molar-refractivity contribution is 5.37. The molecule has 20 heavy (non-hydrogen) atoms. The zero-order valence-electron chi connectivity index (χ0n) is 13.2. The molecule has 1 unspecified atom stereocenters. The van der Waals surface area contributed by atoms with Crippen molar-refractivity contribution >= 4 is 0 Å². The topological polar surface area (TPSA) is 23.5 Å². The van der Waals surface area contributed by atoms with Crippen molar-refractivity contribution in [2.45, 2.75) is 46.2 Å². The fraction of sp³-hybridized carbons (Fsp3) is 0.556. The van der Waals surface area contributed by atoms with Gasteiger partial charge in [0.05, 0.1) is 6.61 Å². The van der Waals surface area contributed by atoms with Crippen LogP contribution in [0.4, 0.5) is 0 Å². The highest BCUT2D eigenvalue weighted by Gasteiger charge is 2.11. The van der Waals surface area contributed by atoms with Gasteiger partial charge in [0.2, 0.25) is 0 Å². The summed E-state index contributed by atoms with van der Waals surface area (Å²) >= 11 is 0. The molecule has 1 N–H and O–H groups in total. The van der Waals surface area contributed by atoms with E-state index in [9.17, 15) is 0 Å². The Bertz CT molecular complexity index is 456. The van der Waals surface area contributed by atoms with Crippen LogP contribution in [0.25, 0.3) is 0 Å². The molecule has 1 atom stereocenters. The van der Waals surface area contributed by atoms with Gasteiger partial charge in [0.15, 0.2) is 0 Å². The molecule has 0 aliphatic carbocycles. The van der Waals surface area contributed by atoms with Crippen molar-refractivity contribution in [3.05, 3.63) is 35.4 Å². The maximum atomic E-state index is 8.74. The Kier molecular flexibility index (Phi) is 7.36. The van der Waals surface area contributed by atoms with Crippen molar-refractivity contribution in [2.24, 2.45) is 5.92 Å². The Balaban J connectivity index is 2.64. The Labute approximate surface area is 123 Å². The molecule has 0 bridgehead atoms. The Hall–Kier alpha value is -1.30. The van der Waals surface area contributed by atoms with Gasteiger partial charge >= 0.3 is 0 Å². The number of hydrogen-bond donors (Lipinski definition) is 1. The average molecular weight is 273 g/mol. The molecule has 0 amide bonds. The monoisotopic (exact) mass is 273 g/mol. The highest BCUT2D eigenvalue weighted by atomic mass is 16.2. The van der Waals surface area contributed by atoms with Crippen molar-refractivity contribution in [1.82, 2.24) is 4.90 Å². The molecule has 2 heteroatoms. The van der Waals surface area contributed by atoms with E-state index in [1.165, 1.54) is 12.0 Å². The van der Waals surface area contributed by atoms with E-state index in [0.717, 1.165) is 18.0 Å². The molecule has 0 saturated heterocycles. The maximum absolute atomic E-state index is 8.74. The van der Waals surface area contributed by atoms with Gasteiger partial charge in [-0.25, -0.2) is 0 Å². The van der Waals surface area contributed by atoms with Crippen LogP contribution in [0.2, 0.25) is 0 Å². The normalized spacial score (nSPS) is 12.3. The van der Waals surface area contributed by atoms with Crippen LogP contribution >= 0.6 is 0 Å². The van der Waals surface area contributed by atoms with E-state index in [1.807, 2.05) is 6.07 Å². The molecular formula is C18H27NO. The van der Waals surface area contributed by atoms with E-state index in [-0.39, 0.29) is 6.61 Å². The fourth-order valence-corrected chi connectivity index (χ4v) is 2.27. The van der Waals surface area contributed by atoms with Crippen LogP contribution in [0, 0.1) is 17.8 Å². The first-order valence-corrected chi connectivity index (χ1v) is 7.41. The van der Waals surface area contributed by atoms with Gasteiger partial charge in [-0.3, -0.25) is 4.90 Å². The molecule has 1 aromatic rings. The number of aliphatic hydroxyl groups excluding tert-OH is 1. The predicted octanol–water partition coefficient (Wildman–Crippen LogP) is 3.29. The van der Waals surface area contributed by atoms with Gasteiger partial charge in [0, 0.05) is 24.6 Å². The lowest BCUT2D eigenvalue weighted by molar-refractivity contribution is 0.220. The molecule has 0 spiro atoms. The predicted molar refractivity (Wildman–Crippen MR) is 85.4 cm³/mol. The van der Waals surface area contributed by atoms with E-state index in [2.05, 4.69) is 62.8 Å². The van der Waals surface area contributed by atoms with Crippen LogP contribution < -0.4 is 0 Å². The van der Waals surface area contributed by atoms with Crippen LogP contribution in [0.15, 0.2) is 24.3 Å². The second-order valence-corrected chi connectivity index (χ2v) is 5.87. The first-order valence-electron chi connectivity index (χ1n) is 7.41. The third-order valence-electron chi connectivity index (χ3n) is 3.39. The second kappa shape index (κ2) is 8.79. The van der Waals surface area contributed by atoms with Crippen molar-refractivity contribution in [2.75, 3.05) is 13.7 Å². The van der Waals surface area contributed by atoms with Crippen molar-refractivity contribution in [1.29, 1.82) is 0 Å². The number of hydrogen-bond acceptors (Lipinski definition) is 2. The Morgan fingerprint density at radius 3 is 2.65 bits per heavy atom. The third kappa shape index (κ3) is 6.23. The average Bonchev–Trinajstić information content (AvgIpc) is 2.38. The van der Waals surface area contributed by atoms with Gasteiger partial charge in [-0.05, 0) is 44.0 Å². The number of nitrogens with zero attached hydrogens (tertiary/aromatic N) is 1. The summed E-state index contributed by atoms with van der Waals surface area (Å²) in [5.41, 5.74) is 2.32. The molecule has 0 heterocycles. The Morgan fingerprint density at radius 1 is 1.25 bits per heavy atom. The standard InChI is InChI=1S/C18H27NO/c1-15(2)12-16(3)19(4)14-18-10-7-9-17(13-18)8-5-6-11-20/h7,9-10,13,15-16,20H,6,11-12,14H2,1-4H3. The third-order valence-corrected chi connectivity index (χ3v) is 3.39. The zero-order valence-corrected chi connectivity index (χ0v) is 13.2. The van der Waals surface area contributed by atoms with Crippen molar-refractivity contribution in [3.63, 3.8) is 0 Å². The Morgan fingerprint density at radius 2 is 2.00 bits per heavy atom. The number of rotatable bonds is 6. The minimum absolute atomic E-state index is 0.127. The van der Waals surface area contributed by atoms with E-state index >= 15 is 0 Å². The minimum Gasteiger partial charge on any atom is -0.395 e. The SMILES string of the molecule is CC(C)CC(C)N(C)Cc1cccc(C#CCCO)c1. The van der Waals surface area contributed by atoms with Crippen molar-refractivity contribution in [3.8, 4) is 11.8 Å². The van der Waals surface area contributed by atoms with Crippen LogP contribution in [0.3, 0.4) is 0 Å². The quantitative estimate of drug-likeness (QED) is 0.804. The van der Waals surface area contributed by atoms with Gasteiger partial charge < -0.3 is 5.11 Å². The lowest BCUT2D eigenvalue weighted by atomic mass is 10.0. The van der Waals surface area contributed by atoms with Crippen LogP contribution in [-0.2, 0) is 6.54 Å². The number of benzene rings is 1. The number of aliphatic hydroxyl groups is 1. The summed E-state index contributed by atoms with van der Waals surface area (Å²) < 4.78 is 0. The lowest BCUT2D eigenvalue weighted by Crippen LogP contribution is -2.29. The molecular weight excluding hydrogens is 246 g/mol. The summed E-state index contributed by atoms with van der Waals surface area (Å²) in [6, 6.07) is 8.95. The summed E-state index contributed by atoms with van der Waals surface area (Å²) in [5, 5.41) is 8.74. The van der Waals surface area contributed by atoms with E-state index < -0.39 is 0 Å². The molecule has 0 radical (unpaired) electrons. The first kappa shape index (κ1) is 16.8. The van der Waals surface area contributed by atoms with Crippen molar-refractivity contribution < 1.29 is 5.11 Å². The highest BCUT2D eigenvalue weighted by Crippen LogP contribution is 2.13. The largest absolute Gasteiger partial charge is 0.395 e. The molecule has 0 saturated carbocycles. The maximum Gasteiger partial charge on any atom is 0.0540 e. The zero-order chi connectivity index (χ0) is 15.0. The van der Waals surface area contributed by atoms with Crippen LogP contribution in [0.1, 0.15) is 44.7 Å². The molecule has 110 valence electrons. The van der Waals surface area contributed by atoms with Gasteiger partial charge in [-0.2, -0.15) is 0 Å². The lowest BCUT2D eigenvalue weighted by Gasteiger charge is -2.26. The van der Waals surface area contributed by atoms with Gasteiger partial charge in [-0.15, -0.1) is 0 Å². The van der Waals surface area contributed by atoms with Gasteiger partial charge in [0.25, 0.3) is 0 Å². The smallest absolute Gasteiger partial charge is 0.0540 e. The second-order valence-electron chi connectivity index (χ2n) is 5.87. The van der Waals surface area contributed by atoms with E-state index in [4.69, 9.17) is 5.11 Å². The minimum atomic E-state index is 0.127.